The van der Waals surface area contributed by atoms with E-state index < -0.39 is 5.91 Å². The lowest BCUT2D eigenvalue weighted by molar-refractivity contribution is 0.0994. The highest BCUT2D eigenvalue weighted by Crippen LogP contribution is 2.06. The van der Waals surface area contributed by atoms with Crippen LogP contribution in [0.4, 0.5) is 5.82 Å². The number of carbonyl (C=O) groups excluding carboxylic acids is 1. The number of nitrogens with zero attached hydrogens (tertiary/aromatic N) is 2. The zero-order valence-electron chi connectivity index (χ0n) is 9.89. The molecular formula is C11H18N4O2. The summed E-state index contributed by atoms with van der Waals surface area (Å²) in [7, 11) is 0. The molecule has 0 radical (unpaired) electrons. The van der Waals surface area contributed by atoms with E-state index in [1.54, 1.807) is 6.07 Å². The third kappa shape index (κ3) is 4.78. The van der Waals surface area contributed by atoms with Gasteiger partial charge in [-0.1, -0.05) is 6.92 Å². The summed E-state index contributed by atoms with van der Waals surface area (Å²) in [4.78, 5) is 10.8. The first-order valence-corrected chi connectivity index (χ1v) is 5.61. The van der Waals surface area contributed by atoms with E-state index in [1.807, 2.05) is 6.92 Å². The van der Waals surface area contributed by atoms with Crippen LogP contribution in [0.15, 0.2) is 12.1 Å². The van der Waals surface area contributed by atoms with Crippen LogP contribution in [0.25, 0.3) is 0 Å². The molecule has 0 bridgehead atoms. The van der Waals surface area contributed by atoms with Crippen molar-refractivity contribution in [1.29, 1.82) is 0 Å². The maximum atomic E-state index is 10.8. The summed E-state index contributed by atoms with van der Waals surface area (Å²) in [6.45, 7) is 2.98. The molecule has 6 heteroatoms. The predicted octanol–water partition coefficient (Wildman–Crippen LogP) is 0.396. The van der Waals surface area contributed by atoms with Gasteiger partial charge in [-0.15, -0.1) is 10.2 Å². The van der Waals surface area contributed by atoms with Gasteiger partial charge in [0.1, 0.15) is 5.82 Å². The molecule has 0 saturated heterocycles. The summed E-state index contributed by atoms with van der Waals surface area (Å²) in [6.07, 6.45) is 1.90. The minimum absolute atomic E-state index is 0.157. The molecule has 0 fully saturated rings. The molecular weight excluding hydrogens is 220 g/mol. The Kier molecular flexibility index (Phi) is 5.35. The van der Waals surface area contributed by atoms with Crippen molar-refractivity contribution in [2.45, 2.75) is 19.8 Å². The van der Waals surface area contributed by atoms with E-state index >= 15 is 0 Å². The number of nitrogens with two attached hydrogens (primary N) is 1. The lowest BCUT2D eigenvalue weighted by Gasteiger charge is -2.08. The van der Waals surface area contributed by atoms with Crippen LogP contribution in [-0.2, 0) is 0 Å². The third-order valence-corrected chi connectivity index (χ3v) is 2.41. The van der Waals surface area contributed by atoms with Gasteiger partial charge in [0, 0.05) is 13.2 Å². The number of rotatable bonds is 7. The molecule has 1 heterocycles. The molecule has 1 aromatic rings. The third-order valence-electron chi connectivity index (χ3n) is 2.41. The highest BCUT2D eigenvalue weighted by Gasteiger charge is 2.03. The summed E-state index contributed by atoms with van der Waals surface area (Å²) in [6, 6.07) is 3.20. The van der Waals surface area contributed by atoms with Crippen LogP contribution >= 0.6 is 0 Å². The van der Waals surface area contributed by atoms with E-state index in [0.29, 0.717) is 11.7 Å². The molecule has 17 heavy (non-hydrogen) atoms. The van der Waals surface area contributed by atoms with Crippen molar-refractivity contribution in [3.05, 3.63) is 17.8 Å². The van der Waals surface area contributed by atoms with Crippen LogP contribution in [0.2, 0.25) is 0 Å². The Labute approximate surface area is 100 Å². The fraction of sp³-hybridized carbons (Fsp3) is 0.545. The zero-order chi connectivity index (χ0) is 12.7. The van der Waals surface area contributed by atoms with Crippen LogP contribution in [0, 0.1) is 5.92 Å². The first-order valence-electron chi connectivity index (χ1n) is 5.61. The van der Waals surface area contributed by atoms with Gasteiger partial charge in [0.2, 0.25) is 0 Å². The number of hydrogen-bond acceptors (Lipinski definition) is 5. The van der Waals surface area contributed by atoms with Crippen molar-refractivity contribution in [2.75, 3.05) is 18.5 Å². The number of anilines is 1. The zero-order valence-corrected chi connectivity index (χ0v) is 9.89. The van der Waals surface area contributed by atoms with Gasteiger partial charge in [-0.05, 0) is 30.9 Å². The lowest BCUT2D eigenvalue weighted by Crippen LogP contribution is -2.14. The fourth-order valence-corrected chi connectivity index (χ4v) is 1.32. The average molecular weight is 238 g/mol. The number of primary amides is 1. The molecule has 94 valence electrons. The Balaban J connectivity index is 2.30. The number of amides is 1. The second-order valence-corrected chi connectivity index (χ2v) is 4.02. The van der Waals surface area contributed by atoms with Gasteiger partial charge < -0.3 is 16.2 Å². The smallest absolute Gasteiger partial charge is 0.269 e. The van der Waals surface area contributed by atoms with Crippen molar-refractivity contribution < 1.29 is 9.90 Å². The predicted molar refractivity (Wildman–Crippen MR) is 64.5 cm³/mol. The average Bonchev–Trinajstić information content (AvgIpc) is 2.34. The van der Waals surface area contributed by atoms with Crippen LogP contribution in [0.3, 0.4) is 0 Å². The van der Waals surface area contributed by atoms with E-state index in [-0.39, 0.29) is 12.3 Å². The van der Waals surface area contributed by atoms with Gasteiger partial charge in [0.15, 0.2) is 5.69 Å². The molecule has 1 rings (SSSR count). The molecule has 1 unspecified atom stereocenters. The molecule has 0 aliphatic heterocycles. The first-order chi connectivity index (χ1) is 8.13. The van der Waals surface area contributed by atoms with Crippen LogP contribution in [0.1, 0.15) is 30.3 Å². The molecule has 0 aliphatic rings. The molecule has 1 atom stereocenters. The number of aliphatic hydroxyl groups excluding tert-OH is 1. The van der Waals surface area contributed by atoms with Gasteiger partial charge in [0.25, 0.3) is 5.91 Å². The number of aliphatic hydroxyl groups is 1. The Hall–Kier alpha value is -1.69. The minimum Gasteiger partial charge on any atom is -0.396 e. The van der Waals surface area contributed by atoms with E-state index in [2.05, 4.69) is 15.5 Å². The van der Waals surface area contributed by atoms with E-state index in [4.69, 9.17) is 10.8 Å². The number of nitrogens with one attached hydrogen (secondary N) is 1. The van der Waals surface area contributed by atoms with Gasteiger partial charge in [-0.3, -0.25) is 4.79 Å². The molecule has 4 N–H and O–H groups in total. The minimum atomic E-state index is -0.583. The summed E-state index contributed by atoms with van der Waals surface area (Å²) >= 11 is 0. The standard InChI is InChI=1S/C11H18N4O2/c1-8(7-16)3-2-6-13-10-5-4-9(11(12)17)14-15-10/h4-5,8,16H,2-3,6-7H2,1H3,(H2,12,17)(H,13,15). The number of hydrogen-bond donors (Lipinski definition) is 3. The normalized spacial score (nSPS) is 12.1. The fourth-order valence-electron chi connectivity index (χ4n) is 1.32. The highest BCUT2D eigenvalue weighted by molar-refractivity contribution is 5.90. The van der Waals surface area contributed by atoms with Crippen LogP contribution in [-0.4, -0.2) is 34.4 Å². The second-order valence-electron chi connectivity index (χ2n) is 4.02. The van der Waals surface area contributed by atoms with Crippen molar-refractivity contribution in [3.8, 4) is 0 Å². The topological polar surface area (TPSA) is 101 Å². The number of aromatic nitrogens is 2. The van der Waals surface area contributed by atoms with Crippen molar-refractivity contribution in [3.63, 3.8) is 0 Å². The van der Waals surface area contributed by atoms with Crippen LogP contribution < -0.4 is 11.1 Å². The molecule has 0 spiro atoms. The highest BCUT2D eigenvalue weighted by atomic mass is 16.3. The quantitative estimate of drug-likeness (QED) is 0.597. The maximum Gasteiger partial charge on any atom is 0.269 e. The number of carbonyl (C=O) groups is 1. The monoisotopic (exact) mass is 238 g/mol. The summed E-state index contributed by atoms with van der Waals surface area (Å²) in [5.41, 5.74) is 5.21. The van der Waals surface area contributed by atoms with Crippen molar-refractivity contribution >= 4 is 11.7 Å². The van der Waals surface area contributed by atoms with Crippen molar-refractivity contribution in [2.24, 2.45) is 11.7 Å². The van der Waals surface area contributed by atoms with E-state index in [9.17, 15) is 4.79 Å². The second kappa shape index (κ2) is 6.80. The first kappa shape index (κ1) is 13.4. The Bertz CT molecular complexity index is 353. The Morgan fingerprint density at radius 3 is 2.82 bits per heavy atom. The van der Waals surface area contributed by atoms with Crippen LogP contribution in [0.5, 0.6) is 0 Å². The van der Waals surface area contributed by atoms with Gasteiger partial charge in [0.05, 0.1) is 0 Å². The van der Waals surface area contributed by atoms with E-state index in [0.717, 1.165) is 19.4 Å². The molecule has 1 amide bonds. The molecule has 0 aromatic carbocycles. The van der Waals surface area contributed by atoms with Gasteiger partial charge in [-0.2, -0.15) is 0 Å². The largest absolute Gasteiger partial charge is 0.396 e. The lowest BCUT2D eigenvalue weighted by atomic mass is 10.1. The molecule has 0 aliphatic carbocycles. The maximum absolute atomic E-state index is 10.8. The summed E-state index contributed by atoms with van der Waals surface area (Å²) in [5, 5.41) is 19.4. The van der Waals surface area contributed by atoms with Gasteiger partial charge in [-0.25, -0.2) is 0 Å². The molecule has 1 aromatic heterocycles. The van der Waals surface area contributed by atoms with Crippen molar-refractivity contribution in [1.82, 2.24) is 10.2 Å². The van der Waals surface area contributed by atoms with Gasteiger partial charge >= 0.3 is 0 Å². The Morgan fingerprint density at radius 2 is 2.29 bits per heavy atom. The van der Waals surface area contributed by atoms with E-state index in [1.165, 1.54) is 6.07 Å². The summed E-state index contributed by atoms with van der Waals surface area (Å²) < 4.78 is 0. The SMILES string of the molecule is CC(CO)CCCNc1ccc(C(N)=O)nn1. The Morgan fingerprint density at radius 1 is 1.53 bits per heavy atom. The molecule has 6 nitrogen and oxygen atoms in total. The molecule has 0 saturated carbocycles. The summed E-state index contributed by atoms with van der Waals surface area (Å²) in [5.74, 6) is 0.354.